The molecular formula is C16H18N2O3. The van der Waals surface area contributed by atoms with Crippen LogP contribution in [-0.2, 0) is 11.3 Å². The summed E-state index contributed by atoms with van der Waals surface area (Å²) in [4.78, 5) is 23.5. The minimum absolute atomic E-state index is 0.0473. The number of benzene rings is 1. The molecule has 0 atom stereocenters. The van der Waals surface area contributed by atoms with E-state index in [0.717, 1.165) is 36.6 Å². The van der Waals surface area contributed by atoms with Gasteiger partial charge in [-0.2, -0.15) is 0 Å². The summed E-state index contributed by atoms with van der Waals surface area (Å²) < 4.78 is 1.57. The summed E-state index contributed by atoms with van der Waals surface area (Å²) in [5.74, 6) is -1.13. The normalized spacial score (nSPS) is 15.4. The topological polar surface area (TPSA) is 71.3 Å². The first-order chi connectivity index (χ1) is 10.1. The van der Waals surface area contributed by atoms with Crippen LogP contribution in [0.15, 0.2) is 30.3 Å². The number of aromatic carboxylic acids is 1. The van der Waals surface area contributed by atoms with Crippen LogP contribution in [0.3, 0.4) is 0 Å². The number of nitrogens with one attached hydrogen (secondary N) is 1. The number of amides is 1. The summed E-state index contributed by atoms with van der Waals surface area (Å²) in [6, 6.07) is 9.25. The zero-order valence-electron chi connectivity index (χ0n) is 11.7. The summed E-state index contributed by atoms with van der Waals surface area (Å²) in [6.07, 6.45) is 4.34. The summed E-state index contributed by atoms with van der Waals surface area (Å²) >= 11 is 0. The number of nitrogens with zero attached hydrogens (tertiary/aromatic N) is 1. The van der Waals surface area contributed by atoms with Crippen molar-refractivity contribution >= 4 is 22.8 Å². The fourth-order valence-corrected chi connectivity index (χ4v) is 3.04. The van der Waals surface area contributed by atoms with E-state index in [1.165, 1.54) is 0 Å². The molecule has 5 nitrogen and oxygen atoms in total. The molecule has 0 unspecified atom stereocenters. The van der Waals surface area contributed by atoms with Crippen molar-refractivity contribution in [3.05, 3.63) is 36.0 Å². The van der Waals surface area contributed by atoms with Crippen molar-refractivity contribution in [2.24, 2.45) is 0 Å². The van der Waals surface area contributed by atoms with Gasteiger partial charge in [0.05, 0.1) is 0 Å². The quantitative estimate of drug-likeness (QED) is 0.906. The summed E-state index contributed by atoms with van der Waals surface area (Å²) in [5, 5.41) is 13.1. The van der Waals surface area contributed by atoms with Crippen LogP contribution in [0.25, 0.3) is 10.9 Å². The Balaban J connectivity index is 1.86. The molecule has 0 saturated heterocycles. The van der Waals surface area contributed by atoms with E-state index in [9.17, 15) is 14.7 Å². The van der Waals surface area contributed by atoms with Gasteiger partial charge in [-0.3, -0.25) is 4.79 Å². The van der Waals surface area contributed by atoms with Gasteiger partial charge in [-0.15, -0.1) is 0 Å². The number of rotatable bonds is 4. The molecule has 1 aliphatic rings. The van der Waals surface area contributed by atoms with Gasteiger partial charge in [-0.05, 0) is 25.0 Å². The molecule has 21 heavy (non-hydrogen) atoms. The maximum absolute atomic E-state index is 12.2. The summed E-state index contributed by atoms with van der Waals surface area (Å²) in [6.45, 7) is 0.0473. The Bertz CT molecular complexity index is 684. The highest BCUT2D eigenvalue weighted by Gasteiger charge is 2.20. The van der Waals surface area contributed by atoms with Crippen molar-refractivity contribution < 1.29 is 14.7 Å². The highest BCUT2D eigenvalue weighted by Crippen LogP contribution is 2.21. The van der Waals surface area contributed by atoms with Gasteiger partial charge >= 0.3 is 5.97 Å². The van der Waals surface area contributed by atoms with E-state index in [4.69, 9.17) is 0 Å². The third-order valence-corrected chi connectivity index (χ3v) is 4.05. The molecule has 3 rings (SSSR count). The largest absolute Gasteiger partial charge is 0.477 e. The lowest BCUT2D eigenvalue weighted by molar-refractivity contribution is -0.122. The summed E-state index contributed by atoms with van der Waals surface area (Å²) in [7, 11) is 0. The van der Waals surface area contributed by atoms with Crippen LogP contribution in [0.1, 0.15) is 36.2 Å². The molecule has 1 aromatic carbocycles. The molecule has 1 heterocycles. The molecule has 1 fully saturated rings. The Morgan fingerprint density at radius 1 is 1.24 bits per heavy atom. The molecule has 2 aromatic rings. The van der Waals surface area contributed by atoms with E-state index in [0.29, 0.717) is 0 Å². The minimum atomic E-state index is -1.01. The predicted octanol–water partition coefficient (Wildman–Crippen LogP) is 2.40. The van der Waals surface area contributed by atoms with Gasteiger partial charge in [-0.1, -0.05) is 31.0 Å². The zero-order valence-corrected chi connectivity index (χ0v) is 11.7. The first-order valence-corrected chi connectivity index (χ1v) is 7.26. The van der Waals surface area contributed by atoms with Gasteiger partial charge in [0.15, 0.2) is 0 Å². The van der Waals surface area contributed by atoms with Crippen molar-refractivity contribution in [3.63, 3.8) is 0 Å². The van der Waals surface area contributed by atoms with Gasteiger partial charge < -0.3 is 15.0 Å². The van der Waals surface area contributed by atoms with Gasteiger partial charge in [0.25, 0.3) is 0 Å². The highest BCUT2D eigenvalue weighted by molar-refractivity contribution is 5.95. The number of para-hydroxylation sites is 1. The second kappa shape index (κ2) is 5.60. The first kappa shape index (κ1) is 13.7. The van der Waals surface area contributed by atoms with Gasteiger partial charge in [0.2, 0.25) is 5.91 Å². The fourth-order valence-electron chi connectivity index (χ4n) is 3.04. The van der Waals surface area contributed by atoms with Crippen LogP contribution >= 0.6 is 0 Å². The average molecular weight is 286 g/mol. The molecule has 0 radical (unpaired) electrons. The Morgan fingerprint density at radius 2 is 1.95 bits per heavy atom. The molecular weight excluding hydrogens is 268 g/mol. The molecule has 1 aromatic heterocycles. The number of hydrogen-bond donors (Lipinski definition) is 2. The maximum atomic E-state index is 12.2. The second-order valence-electron chi connectivity index (χ2n) is 5.53. The number of carboxylic acids is 1. The van der Waals surface area contributed by atoms with Crippen molar-refractivity contribution in [1.29, 1.82) is 0 Å². The Kier molecular flexibility index (Phi) is 3.64. The van der Waals surface area contributed by atoms with Gasteiger partial charge in [0.1, 0.15) is 12.2 Å². The van der Waals surface area contributed by atoms with Crippen LogP contribution < -0.4 is 5.32 Å². The molecule has 0 spiro atoms. The number of fused-ring (bicyclic) bond motifs is 1. The molecule has 1 amide bonds. The van der Waals surface area contributed by atoms with Gasteiger partial charge in [0, 0.05) is 16.9 Å². The van der Waals surface area contributed by atoms with E-state index in [2.05, 4.69) is 5.32 Å². The fraction of sp³-hybridized carbons (Fsp3) is 0.375. The number of carbonyl (C=O) groups excluding carboxylic acids is 1. The van der Waals surface area contributed by atoms with E-state index in [1.807, 2.05) is 24.3 Å². The van der Waals surface area contributed by atoms with E-state index < -0.39 is 5.97 Å². The van der Waals surface area contributed by atoms with E-state index in [1.54, 1.807) is 10.6 Å². The standard InChI is InChI=1S/C16H18N2O3/c19-15(17-12-6-2-3-7-12)10-18-13-8-4-1-5-11(13)9-14(18)16(20)21/h1,4-5,8-9,12H,2-3,6-7,10H2,(H,17,19)(H,20,21). The lowest BCUT2D eigenvalue weighted by Gasteiger charge is -2.13. The Hall–Kier alpha value is -2.30. The average Bonchev–Trinajstić information content (AvgIpc) is 3.07. The Labute approximate surface area is 122 Å². The molecule has 1 aliphatic carbocycles. The van der Waals surface area contributed by atoms with Crippen molar-refractivity contribution in [3.8, 4) is 0 Å². The third-order valence-electron chi connectivity index (χ3n) is 4.05. The molecule has 2 N–H and O–H groups in total. The highest BCUT2D eigenvalue weighted by atomic mass is 16.4. The van der Waals surface area contributed by atoms with Crippen LogP contribution in [0.4, 0.5) is 0 Å². The van der Waals surface area contributed by atoms with Crippen LogP contribution in [0, 0.1) is 0 Å². The Morgan fingerprint density at radius 3 is 2.67 bits per heavy atom. The lowest BCUT2D eigenvalue weighted by atomic mass is 10.2. The van der Waals surface area contributed by atoms with Crippen LogP contribution in [0.5, 0.6) is 0 Å². The lowest BCUT2D eigenvalue weighted by Crippen LogP contribution is -2.35. The monoisotopic (exact) mass is 286 g/mol. The van der Waals surface area contributed by atoms with E-state index in [-0.39, 0.29) is 24.2 Å². The number of hydrogen-bond acceptors (Lipinski definition) is 2. The van der Waals surface area contributed by atoms with Crippen LogP contribution in [-0.4, -0.2) is 27.6 Å². The molecule has 1 saturated carbocycles. The van der Waals surface area contributed by atoms with Crippen LogP contribution in [0.2, 0.25) is 0 Å². The number of carboxylic acid groups (broad SMARTS) is 1. The smallest absolute Gasteiger partial charge is 0.352 e. The number of aromatic nitrogens is 1. The molecule has 0 aliphatic heterocycles. The van der Waals surface area contributed by atoms with Crippen molar-refractivity contribution in [2.45, 2.75) is 38.3 Å². The molecule has 0 bridgehead atoms. The SMILES string of the molecule is O=C(Cn1c(C(=O)O)cc2ccccc21)NC1CCCC1. The minimum Gasteiger partial charge on any atom is -0.477 e. The zero-order chi connectivity index (χ0) is 14.8. The number of carbonyl (C=O) groups is 2. The first-order valence-electron chi connectivity index (χ1n) is 7.26. The third kappa shape index (κ3) is 2.77. The molecule has 5 heteroatoms. The summed E-state index contributed by atoms with van der Waals surface area (Å²) in [5.41, 5.74) is 0.925. The van der Waals surface area contributed by atoms with Crippen molar-refractivity contribution in [2.75, 3.05) is 0 Å². The molecule has 110 valence electrons. The van der Waals surface area contributed by atoms with Gasteiger partial charge in [-0.25, -0.2) is 4.79 Å². The predicted molar refractivity (Wildman–Crippen MR) is 79.3 cm³/mol. The maximum Gasteiger partial charge on any atom is 0.352 e. The van der Waals surface area contributed by atoms with Crippen molar-refractivity contribution in [1.82, 2.24) is 9.88 Å². The second-order valence-corrected chi connectivity index (χ2v) is 5.53. The van der Waals surface area contributed by atoms with E-state index >= 15 is 0 Å².